The number of benzene rings is 1. The van der Waals surface area contributed by atoms with E-state index in [1.807, 2.05) is 19.9 Å². The molecule has 2 rings (SSSR count). The van der Waals surface area contributed by atoms with Gasteiger partial charge in [-0.1, -0.05) is 22.9 Å². The number of aryl methyl sites for hydroxylation is 2. The second-order valence-corrected chi connectivity index (χ2v) is 8.24. The van der Waals surface area contributed by atoms with Gasteiger partial charge in [0.05, 0.1) is 4.90 Å². The highest BCUT2D eigenvalue weighted by atomic mass is 79.9. The quantitative estimate of drug-likeness (QED) is 0.822. The molecule has 3 nitrogen and oxygen atoms in total. The highest BCUT2D eigenvalue weighted by molar-refractivity contribution is 9.10. The molecule has 106 valence electrons. The lowest BCUT2D eigenvalue weighted by molar-refractivity contribution is 0.281. The Morgan fingerprint density at radius 3 is 2.58 bits per heavy atom. The summed E-state index contributed by atoms with van der Waals surface area (Å²) in [6, 6.07) is 3.66. The molecule has 1 aromatic carbocycles. The lowest BCUT2D eigenvalue weighted by Gasteiger charge is -2.30. The number of halogens is 1. The summed E-state index contributed by atoms with van der Waals surface area (Å²) < 4.78 is 28.0. The van der Waals surface area contributed by atoms with Crippen molar-refractivity contribution in [3.8, 4) is 0 Å². The van der Waals surface area contributed by atoms with Crippen LogP contribution in [0.4, 0.5) is 0 Å². The molecule has 0 saturated carbocycles. The standard InChI is InChI=1S/C14H20BrNO2S/c1-10-5-4-6-16(9-10)19(17,18)14-8-11(2)13(15)7-12(14)3/h7-8,10H,4-6,9H2,1-3H3. The Morgan fingerprint density at radius 2 is 1.95 bits per heavy atom. The van der Waals surface area contributed by atoms with Gasteiger partial charge >= 0.3 is 0 Å². The fourth-order valence-corrected chi connectivity index (χ4v) is 4.88. The maximum atomic E-state index is 12.7. The van der Waals surface area contributed by atoms with E-state index in [9.17, 15) is 8.42 Å². The van der Waals surface area contributed by atoms with Gasteiger partial charge in [0.1, 0.15) is 0 Å². The van der Waals surface area contributed by atoms with Crippen molar-refractivity contribution in [1.82, 2.24) is 4.31 Å². The van der Waals surface area contributed by atoms with Gasteiger partial charge in [-0.3, -0.25) is 0 Å². The van der Waals surface area contributed by atoms with Crippen LogP contribution < -0.4 is 0 Å². The monoisotopic (exact) mass is 345 g/mol. The maximum Gasteiger partial charge on any atom is 0.243 e. The highest BCUT2D eigenvalue weighted by Gasteiger charge is 2.29. The Bertz CT molecular complexity index is 583. The van der Waals surface area contributed by atoms with Crippen LogP contribution >= 0.6 is 15.9 Å². The van der Waals surface area contributed by atoms with Crippen LogP contribution in [0, 0.1) is 19.8 Å². The first-order chi connectivity index (χ1) is 8.82. The van der Waals surface area contributed by atoms with Crippen LogP contribution in [0.1, 0.15) is 30.9 Å². The molecule has 1 aliphatic rings. The van der Waals surface area contributed by atoms with Crippen LogP contribution in [-0.4, -0.2) is 25.8 Å². The zero-order chi connectivity index (χ0) is 14.2. The van der Waals surface area contributed by atoms with Gasteiger partial charge in [0.15, 0.2) is 0 Å². The van der Waals surface area contributed by atoms with Crippen LogP contribution in [0.3, 0.4) is 0 Å². The zero-order valence-corrected chi connectivity index (χ0v) is 14.0. The summed E-state index contributed by atoms with van der Waals surface area (Å²) in [5, 5.41) is 0. The van der Waals surface area contributed by atoms with E-state index >= 15 is 0 Å². The summed E-state index contributed by atoms with van der Waals surface area (Å²) in [5.74, 6) is 0.445. The summed E-state index contributed by atoms with van der Waals surface area (Å²) >= 11 is 3.44. The van der Waals surface area contributed by atoms with Gasteiger partial charge in [0, 0.05) is 17.6 Å². The third-order valence-electron chi connectivity index (χ3n) is 3.69. The van der Waals surface area contributed by atoms with Crippen LogP contribution in [0.15, 0.2) is 21.5 Å². The topological polar surface area (TPSA) is 37.4 Å². The number of sulfonamides is 1. The van der Waals surface area contributed by atoms with Crippen LogP contribution in [0.25, 0.3) is 0 Å². The molecule has 5 heteroatoms. The zero-order valence-electron chi connectivity index (χ0n) is 11.6. The second-order valence-electron chi connectivity index (χ2n) is 5.48. The van der Waals surface area contributed by atoms with Gasteiger partial charge in [-0.05, 0) is 55.9 Å². The van der Waals surface area contributed by atoms with Crippen LogP contribution in [0.5, 0.6) is 0 Å². The van der Waals surface area contributed by atoms with E-state index in [1.54, 1.807) is 10.4 Å². The highest BCUT2D eigenvalue weighted by Crippen LogP contribution is 2.29. The fraction of sp³-hybridized carbons (Fsp3) is 0.571. The molecular formula is C14H20BrNO2S. The molecule has 0 amide bonds. The van der Waals surface area contributed by atoms with Gasteiger partial charge < -0.3 is 0 Å². The Labute approximate surface area is 124 Å². The predicted molar refractivity (Wildman–Crippen MR) is 80.8 cm³/mol. The third-order valence-corrected chi connectivity index (χ3v) is 6.56. The first kappa shape index (κ1) is 15.0. The van der Waals surface area contributed by atoms with E-state index in [0.717, 1.165) is 28.4 Å². The normalized spacial score (nSPS) is 21.6. The molecule has 0 spiro atoms. The lowest BCUT2D eigenvalue weighted by Crippen LogP contribution is -2.39. The number of hydrogen-bond donors (Lipinski definition) is 0. The predicted octanol–water partition coefficient (Wildman–Crippen LogP) is 3.49. The average molecular weight is 346 g/mol. The maximum absolute atomic E-state index is 12.7. The molecule has 1 heterocycles. The van der Waals surface area contributed by atoms with Crippen molar-refractivity contribution in [2.24, 2.45) is 5.92 Å². The number of nitrogens with zero attached hydrogens (tertiary/aromatic N) is 1. The molecule has 1 aliphatic heterocycles. The largest absolute Gasteiger partial charge is 0.243 e. The SMILES string of the molecule is Cc1cc(S(=O)(=O)N2CCCC(C)C2)c(C)cc1Br. The first-order valence-electron chi connectivity index (χ1n) is 6.59. The number of hydrogen-bond acceptors (Lipinski definition) is 2. The van der Waals surface area contributed by atoms with Gasteiger partial charge in [0.25, 0.3) is 0 Å². The van der Waals surface area contributed by atoms with E-state index in [1.165, 1.54) is 0 Å². The second kappa shape index (κ2) is 5.54. The molecule has 19 heavy (non-hydrogen) atoms. The van der Waals surface area contributed by atoms with E-state index in [2.05, 4.69) is 22.9 Å². The van der Waals surface area contributed by atoms with Crippen molar-refractivity contribution in [1.29, 1.82) is 0 Å². The van der Waals surface area contributed by atoms with Crippen LogP contribution in [-0.2, 0) is 10.0 Å². The molecule has 1 saturated heterocycles. The summed E-state index contributed by atoms with van der Waals surface area (Å²) in [7, 11) is -3.35. The molecule has 0 aliphatic carbocycles. The third kappa shape index (κ3) is 3.03. The van der Waals surface area contributed by atoms with Crippen molar-refractivity contribution in [2.45, 2.75) is 38.5 Å². The summed E-state index contributed by atoms with van der Waals surface area (Å²) in [6.45, 7) is 7.16. The minimum Gasteiger partial charge on any atom is -0.207 e. The molecule has 0 N–H and O–H groups in total. The summed E-state index contributed by atoms with van der Waals surface area (Å²) in [5.41, 5.74) is 1.75. The van der Waals surface area contributed by atoms with Crippen molar-refractivity contribution < 1.29 is 8.42 Å². The van der Waals surface area contributed by atoms with Gasteiger partial charge in [-0.2, -0.15) is 4.31 Å². The minimum atomic E-state index is -3.35. The molecule has 1 aromatic rings. The Hall–Kier alpha value is -0.390. The molecule has 1 fully saturated rings. The fourth-order valence-electron chi connectivity index (χ4n) is 2.54. The van der Waals surface area contributed by atoms with Gasteiger partial charge in [0.2, 0.25) is 10.0 Å². The van der Waals surface area contributed by atoms with Crippen LogP contribution in [0.2, 0.25) is 0 Å². The van der Waals surface area contributed by atoms with Gasteiger partial charge in [-0.15, -0.1) is 0 Å². The summed E-state index contributed by atoms with van der Waals surface area (Å²) in [6.07, 6.45) is 2.07. The van der Waals surface area contributed by atoms with E-state index in [-0.39, 0.29) is 0 Å². The molecule has 0 radical (unpaired) electrons. The Morgan fingerprint density at radius 1 is 1.26 bits per heavy atom. The van der Waals surface area contributed by atoms with Crippen molar-refractivity contribution in [3.63, 3.8) is 0 Å². The van der Waals surface area contributed by atoms with Gasteiger partial charge in [-0.25, -0.2) is 8.42 Å². The number of piperidine rings is 1. The molecule has 0 aromatic heterocycles. The Balaban J connectivity index is 2.42. The molecule has 1 atom stereocenters. The number of rotatable bonds is 2. The minimum absolute atomic E-state index is 0.445. The molecular weight excluding hydrogens is 326 g/mol. The molecule has 1 unspecified atom stereocenters. The first-order valence-corrected chi connectivity index (χ1v) is 8.82. The van der Waals surface area contributed by atoms with Crippen molar-refractivity contribution >= 4 is 26.0 Å². The van der Waals surface area contributed by atoms with Crippen molar-refractivity contribution in [2.75, 3.05) is 13.1 Å². The molecule has 0 bridgehead atoms. The van der Waals surface area contributed by atoms with E-state index < -0.39 is 10.0 Å². The Kier molecular flexibility index (Phi) is 4.38. The smallest absolute Gasteiger partial charge is 0.207 e. The lowest BCUT2D eigenvalue weighted by atomic mass is 10.0. The van der Waals surface area contributed by atoms with Crippen molar-refractivity contribution in [3.05, 3.63) is 27.7 Å². The summed E-state index contributed by atoms with van der Waals surface area (Å²) in [4.78, 5) is 0.447. The van der Waals surface area contributed by atoms with E-state index in [0.29, 0.717) is 23.9 Å². The van der Waals surface area contributed by atoms with E-state index in [4.69, 9.17) is 0 Å². The average Bonchev–Trinajstić information content (AvgIpc) is 2.33.